The molecule has 0 aliphatic carbocycles. The number of benzene rings is 10. The Morgan fingerprint density at radius 1 is 0.443 bits per heavy atom. The molecular formula is C73H53N5O. The van der Waals surface area contributed by atoms with Gasteiger partial charge in [0.15, 0.2) is 0 Å². The first-order chi connectivity index (χ1) is 38.6. The maximum Gasteiger partial charge on any atom is 0.137 e. The number of anilines is 4. The first-order valence-corrected chi connectivity index (χ1v) is 27.6. The number of hydrogen-bond donors (Lipinski definition) is 0. The van der Waals surface area contributed by atoms with Crippen molar-refractivity contribution in [3.8, 4) is 78.6 Å². The Morgan fingerprint density at radius 2 is 1.10 bits per heavy atom. The Balaban J connectivity index is 0.856. The molecule has 6 nitrogen and oxygen atoms in total. The zero-order valence-electron chi connectivity index (χ0n) is 44.6. The van der Waals surface area contributed by atoms with Gasteiger partial charge in [0, 0.05) is 73.1 Å². The van der Waals surface area contributed by atoms with Crippen molar-refractivity contribution >= 4 is 66.4 Å². The predicted molar refractivity (Wildman–Crippen MR) is 327 cm³/mol. The lowest BCUT2D eigenvalue weighted by Crippen LogP contribution is -2.33. The molecule has 0 saturated carbocycles. The fourth-order valence-electron chi connectivity index (χ4n) is 14.2. The van der Waals surface area contributed by atoms with E-state index in [4.69, 9.17) is 9.72 Å². The van der Waals surface area contributed by atoms with E-state index >= 15 is 0 Å². The third-order valence-electron chi connectivity index (χ3n) is 17.9. The zero-order valence-corrected chi connectivity index (χ0v) is 44.6. The minimum Gasteiger partial charge on any atom is -0.457 e. The molecule has 0 saturated heterocycles. The molecule has 79 heavy (non-hydrogen) atoms. The zero-order chi connectivity index (χ0) is 52.6. The van der Waals surface area contributed by atoms with Crippen LogP contribution in [0.25, 0.3) is 111 Å². The highest BCUT2D eigenvalue weighted by atomic mass is 16.5. The molecule has 10 aromatic carbocycles. The third kappa shape index (κ3) is 6.03. The predicted octanol–water partition coefficient (Wildman–Crippen LogP) is 19.2. The van der Waals surface area contributed by atoms with E-state index in [1.165, 1.54) is 117 Å². The highest BCUT2D eigenvalue weighted by Crippen LogP contribution is 2.63. The summed E-state index contributed by atoms with van der Waals surface area (Å²) in [7, 11) is 0. The summed E-state index contributed by atoms with van der Waals surface area (Å²) in [6.45, 7) is 12.2. The molecule has 0 bridgehead atoms. The number of rotatable bonds is 4. The van der Waals surface area contributed by atoms with Crippen LogP contribution in [0, 0.1) is 0 Å². The molecule has 376 valence electrons. The van der Waals surface area contributed by atoms with E-state index in [0.29, 0.717) is 6.67 Å². The standard InChI is InChI=1S/C73H53N5O/c1-72(2,3)44-37-38-74-65(39-44)77-61-35-36-62-66(52-23-12-11-21-50(52)54-26-16-27-55-51-22-13-14-28-60(51)78(62)69(54)55)67(61)57-31-29-45(40-63(57)77)79-46-30-33-58-64(41-46)75-42-76-68-47(43-17-7-6-8-18-43)24-15-25-53(68)48-19-9-10-20-49(48)56-32-34-59(73(58,4)5)71(75)70(56)76/h6-41H,42H2,1-5H3. The first kappa shape index (κ1) is 44.5. The molecule has 6 heteroatoms. The summed E-state index contributed by atoms with van der Waals surface area (Å²) in [6.07, 6.45) is 1.97. The summed E-state index contributed by atoms with van der Waals surface area (Å²) in [4.78, 5) is 10.3. The van der Waals surface area contributed by atoms with Gasteiger partial charge in [0.05, 0.1) is 50.5 Å². The van der Waals surface area contributed by atoms with Gasteiger partial charge >= 0.3 is 0 Å². The lowest BCUT2D eigenvalue weighted by molar-refractivity contribution is 0.482. The SMILES string of the molecule is CC(C)(C)c1ccnc(-n2c3cc(Oc4ccc5c(c4)N4CN6c7c(-c8ccccc8)cccc7-c7ccccc7-c7ccc(c4c76)C5(C)C)ccc3c3c4c(ccc32)-n2c3ccccc3c3cccc(c32)-c2ccccc2-4)c1. The van der Waals surface area contributed by atoms with Crippen LogP contribution >= 0.6 is 0 Å². The van der Waals surface area contributed by atoms with Crippen LogP contribution in [0.1, 0.15) is 51.3 Å². The summed E-state index contributed by atoms with van der Waals surface area (Å²) < 4.78 is 12.1. The molecule has 0 unspecified atom stereocenters. The van der Waals surface area contributed by atoms with Crippen LogP contribution in [0.15, 0.2) is 219 Å². The van der Waals surface area contributed by atoms with Crippen LogP contribution in [0.3, 0.4) is 0 Å². The molecular weight excluding hydrogens is 963 g/mol. The second-order valence-corrected chi connectivity index (χ2v) is 23.5. The van der Waals surface area contributed by atoms with Crippen molar-refractivity contribution in [2.24, 2.45) is 0 Å². The van der Waals surface area contributed by atoms with Crippen LogP contribution in [-0.4, -0.2) is 20.8 Å². The maximum atomic E-state index is 7.20. The van der Waals surface area contributed by atoms with Gasteiger partial charge in [-0.15, -0.1) is 0 Å². The Labute approximate surface area is 458 Å². The number of fused-ring (bicyclic) bond motifs is 19. The molecule has 4 aliphatic rings. The Hall–Kier alpha value is -9.65. The van der Waals surface area contributed by atoms with Crippen LogP contribution in [0.4, 0.5) is 22.7 Å². The van der Waals surface area contributed by atoms with Gasteiger partial charge in [0.1, 0.15) is 24.0 Å². The van der Waals surface area contributed by atoms with E-state index in [-0.39, 0.29) is 10.8 Å². The molecule has 13 aromatic rings. The van der Waals surface area contributed by atoms with Crippen LogP contribution in [0.5, 0.6) is 11.5 Å². The van der Waals surface area contributed by atoms with Crippen molar-refractivity contribution in [3.05, 3.63) is 235 Å². The molecule has 17 rings (SSSR count). The second-order valence-electron chi connectivity index (χ2n) is 23.5. The Kier molecular flexibility index (Phi) is 8.86. The minimum absolute atomic E-state index is 0.0847. The lowest BCUT2D eigenvalue weighted by Gasteiger charge is -2.39. The van der Waals surface area contributed by atoms with Gasteiger partial charge in [-0.25, -0.2) is 4.98 Å². The molecule has 0 amide bonds. The summed E-state index contributed by atoms with van der Waals surface area (Å²) in [5.41, 5.74) is 26.4. The van der Waals surface area contributed by atoms with Gasteiger partial charge < -0.3 is 19.1 Å². The summed E-state index contributed by atoms with van der Waals surface area (Å²) in [6, 6.07) is 78.6. The minimum atomic E-state index is -0.288. The number of hydrogen-bond acceptors (Lipinski definition) is 4. The molecule has 4 aliphatic heterocycles. The molecule has 0 fully saturated rings. The topological polar surface area (TPSA) is 38.5 Å². The summed E-state index contributed by atoms with van der Waals surface area (Å²) in [5, 5.41) is 4.83. The van der Waals surface area contributed by atoms with Crippen molar-refractivity contribution < 1.29 is 4.74 Å². The van der Waals surface area contributed by atoms with E-state index in [2.05, 4.69) is 266 Å². The average molecular weight is 1020 g/mol. The molecule has 3 aromatic heterocycles. The third-order valence-corrected chi connectivity index (χ3v) is 17.9. The first-order valence-electron chi connectivity index (χ1n) is 27.6. The van der Waals surface area contributed by atoms with Gasteiger partial charge in [-0.05, 0) is 98.5 Å². The normalized spacial score (nSPS) is 14.1. The van der Waals surface area contributed by atoms with Gasteiger partial charge in [-0.3, -0.25) is 4.57 Å². The molecule has 0 radical (unpaired) electrons. The van der Waals surface area contributed by atoms with Crippen molar-refractivity contribution in [1.29, 1.82) is 0 Å². The van der Waals surface area contributed by atoms with E-state index in [0.717, 1.165) is 45.1 Å². The van der Waals surface area contributed by atoms with Crippen LogP contribution in [-0.2, 0) is 10.8 Å². The van der Waals surface area contributed by atoms with E-state index in [1.807, 2.05) is 6.20 Å². The quantitative estimate of drug-likeness (QED) is 0.176. The van der Waals surface area contributed by atoms with Crippen molar-refractivity contribution in [2.45, 2.75) is 45.4 Å². The van der Waals surface area contributed by atoms with E-state index in [1.54, 1.807) is 0 Å². The maximum absolute atomic E-state index is 7.20. The average Bonchev–Trinajstić information content (AvgIpc) is 4.12. The molecule has 0 spiro atoms. The lowest BCUT2D eigenvalue weighted by atomic mass is 9.73. The monoisotopic (exact) mass is 1020 g/mol. The number of aromatic nitrogens is 3. The summed E-state index contributed by atoms with van der Waals surface area (Å²) >= 11 is 0. The highest BCUT2D eigenvalue weighted by Gasteiger charge is 2.46. The Bertz CT molecular complexity index is 4820. The molecule has 0 atom stereocenters. The summed E-state index contributed by atoms with van der Waals surface area (Å²) in [5.74, 6) is 2.42. The second kappa shape index (κ2) is 15.7. The molecule has 7 heterocycles. The van der Waals surface area contributed by atoms with E-state index in [9.17, 15) is 0 Å². The largest absolute Gasteiger partial charge is 0.457 e. The van der Waals surface area contributed by atoms with Gasteiger partial charge in [0.2, 0.25) is 0 Å². The van der Waals surface area contributed by atoms with E-state index < -0.39 is 0 Å². The van der Waals surface area contributed by atoms with Crippen LogP contribution < -0.4 is 14.5 Å². The highest BCUT2D eigenvalue weighted by molar-refractivity contribution is 6.23. The fourth-order valence-corrected chi connectivity index (χ4v) is 14.2. The van der Waals surface area contributed by atoms with Crippen molar-refractivity contribution in [1.82, 2.24) is 14.1 Å². The number of pyridine rings is 1. The fraction of sp³-hybridized carbons (Fsp3) is 0.110. The number of para-hydroxylation sites is 3. The van der Waals surface area contributed by atoms with Crippen LogP contribution in [0.2, 0.25) is 0 Å². The van der Waals surface area contributed by atoms with Gasteiger partial charge in [-0.1, -0.05) is 186 Å². The smallest absolute Gasteiger partial charge is 0.137 e. The van der Waals surface area contributed by atoms with Gasteiger partial charge in [-0.2, -0.15) is 0 Å². The molecule has 0 N–H and O–H groups in total. The van der Waals surface area contributed by atoms with Crippen molar-refractivity contribution in [3.63, 3.8) is 0 Å². The van der Waals surface area contributed by atoms with Gasteiger partial charge in [0.25, 0.3) is 0 Å². The Morgan fingerprint density at radius 3 is 1.92 bits per heavy atom. The number of nitrogens with zero attached hydrogens (tertiary/aromatic N) is 5. The number of ether oxygens (including phenoxy) is 1. The van der Waals surface area contributed by atoms with Crippen molar-refractivity contribution in [2.75, 3.05) is 16.5 Å².